The van der Waals surface area contributed by atoms with E-state index in [1.54, 1.807) is 111 Å². The number of halogens is 2. The van der Waals surface area contributed by atoms with Gasteiger partial charge in [-0.1, -0.05) is 91.3 Å². The van der Waals surface area contributed by atoms with E-state index in [4.69, 9.17) is 32.7 Å². The summed E-state index contributed by atoms with van der Waals surface area (Å²) in [6, 6.07) is 34.9. The predicted octanol–water partition coefficient (Wildman–Crippen LogP) is 12.8. The van der Waals surface area contributed by atoms with Crippen molar-refractivity contribution in [3.63, 3.8) is 0 Å². The molecule has 0 unspecified atom stereocenters. The smallest absolute Gasteiger partial charge is 0.870 e. The van der Waals surface area contributed by atoms with E-state index in [-0.39, 0.29) is 105 Å². The van der Waals surface area contributed by atoms with Gasteiger partial charge >= 0.3 is 48.9 Å². The normalized spacial score (nSPS) is 11.5. The molecular formula is C54H46BaCl2N6O12S2. The fourth-order valence-electron chi connectivity index (χ4n) is 7.85. The third-order valence-corrected chi connectivity index (χ3v) is 13.9. The van der Waals surface area contributed by atoms with Crippen LogP contribution in [0.3, 0.4) is 0 Å². The van der Waals surface area contributed by atoms with Crippen LogP contribution in [0.5, 0.6) is 23.0 Å². The molecule has 0 aliphatic heterocycles. The number of hydrogen-bond donors (Lipinski definition) is 4. The van der Waals surface area contributed by atoms with Gasteiger partial charge in [-0.3, -0.25) is 14.1 Å². The van der Waals surface area contributed by atoms with Crippen molar-refractivity contribution in [2.24, 2.45) is 20.5 Å². The molecule has 0 saturated carbocycles. The Hall–Kier alpha value is -6.41. The Morgan fingerprint density at radius 3 is 1.43 bits per heavy atom. The molecule has 77 heavy (non-hydrogen) atoms. The van der Waals surface area contributed by atoms with Crippen molar-refractivity contribution in [2.45, 2.75) is 50.3 Å². The summed E-state index contributed by atoms with van der Waals surface area (Å²) in [6.45, 7) is 8.18. The van der Waals surface area contributed by atoms with Crippen LogP contribution in [0.1, 0.15) is 59.5 Å². The molecule has 4 N–H and O–H groups in total. The van der Waals surface area contributed by atoms with Crippen LogP contribution >= 0.6 is 23.2 Å². The van der Waals surface area contributed by atoms with Gasteiger partial charge in [0.15, 0.2) is 5.75 Å². The number of azo groups is 2. The van der Waals surface area contributed by atoms with Crippen LogP contribution in [0.4, 0.5) is 34.1 Å². The third kappa shape index (κ3) is 14.2. The SMILES string of the molecule is CCOc1ccc(NC(=O)c2cc3ccccc3c(N=Nc3c(S(=O)(=O)O)ccc(Cl)c3CC)c2O)cc1.CCOc1ccc(NC(=O)c2cc3ccccc3c(N=Nc3c(S(=O)(=O)[O-])ccc(Cl)c3CC)c2[O-])cc1.[Ba+2]. The molecule has 8 aromatic carbocycles. The van der Waals surface area contributed by atoms with Gasteiger partial charge in [0, 0.05) is 37.8 Å². The topological polar surface area (TPSA) is 281 Å². The number of phenols is 1. The zero-order chi connectivity index (χ0) is 54.9. The van der Waals surface area contributed by atoms with Crippen molar-refractivity contribution in [3.8, 4) is 23.0 Å². The molecule has 2 amide bonds. The first-order valence-electron chi connectivity index (χ1n) is 23.2. The number of nitrogens with one attached hydrogen (secondary N) is 2. The van der Waals surface area contributed by atoms with Gasteiger partial charge in [0.05, 0.1) is 29.4 Å². The summed E-state index contributed by atoms with van der Waals surface area (Å²) in [5, 5.41) is 48.7. The quantitative estimate of drug-likeness (QED) is 0.0399. The molecule has 0 bridgehead atoms. The van der Waals surface area contributed by atoms with Crippen molar-refractivity contribution in [2.75, 3.05) is 23.8 Å². The first kappa shape index (κ1) is 59.8. The standard InChI is InChI=1S/2C27H24ClN3O6S.Ba/c2*1-3-19-22(28)13-14-23(38(34,35)36)24(19)30-31-25-20-8-6-5-7-16(20)15-21(26(25)32)27(33)29-17-9-11-18(12-10-17)37-4-2;/h2*5-15,32H,3-4H2,1-2H3,(H,29,33)(H,34,35,36);/q;;+2/p-2. The summed E-state index contributed by atoms with van der Waals surface area (Å²) >= 11 is 12.5. The maximum absolute atomic E-state index is 13.4. The van der Waals surface area contributed by atoms with Crippen molar-refractivity contribution < 1.29 is 55.2 Å². The maximum atomic E-state index is 13.4. The van der Waals surface area contributed by atoms with Gasteiger partial charge in [-0.15, -0.1) is 15.3 Å². The van der Waals surface area contributed by atoms with Crippen LogP contribution in [0.25, 0.3) is 21.5 Å². The van der Waals surface area contributed by atoms with Crippen molar-refractivity contribution in [1.29, 1.82) is 0 Å². The van der Waals surface area contributed by atoms with Crippen LogP contribution in [0, 0.1) is 0 Å². The number of carbonyl (C=O) groups excluding carboxylic acids is 2. The fraction of sp³-hybridized carbons (Fsp3) is 0.148. The van der Waals surface area contributed by atoms with Gasteiger partial charge in [-0.05, 0) is 134 Å². The molecular weight excluding hydrogens is 1200 g/mol. The first-order valence-corrected chi connectivity index (χ1v) is 26.8. The van der Waals surface area contributed by atoms with Gasteiger partial charge in [0.2, 0.25) is 0 Å². The molecule has 18 nitrogen and oxygen atoms in total. The zero-order valence-electron chi connectivity index (χ0n) is 41.6. The first-order chi connectivity index (χ1) is 36.3. The second-order valence-corrected chi connectivity index (χ2v) is 19.8. The zero-order valence-corrected chi connectivity index (χ0v) is 49.2. The summed E-state index contributed by atoms with van der Waals surface area (Å²) in [6.07, 6.45) is 0.555. The Morgan fingerprint density at radius 2 is 0.974 bits per heavy atom. The molecule has 0 radical (unpaired) electrons. The Balaban J connectivity index is 0.000000246. The van der Waals surface area contributed by atoms with Crippen LogP contribution in [-0.2, 0) is 33.1 Å². The van der Waals surface area contributed by atoms with E-state index in [0.29, 0.717) is 69.6 Å². The van der Waals surface area contributed by atoms with Crippen LogP contribution in [-0.4, -0.2) is 105 Å². The van der Waals surface area contributed by atoms with E-state index < -0.39 is 53.3 Å². The van der Waals surface area contributed by atoms with E-state index >= 15 is 0 Å². The van der Waals surface area contributed by atoms with Crippen LogP contribution < -0.4 is 25.2 Å². The molecule has 8 rings (SSSR count). The van der Waals surface area contributed by atoms with Crippen molar-refractivity contribution >= 4 is 160 Å². The summed E-state index contributed by atoms with van der Waals surface area (Å²) in [4.78, 5) is 25.2. The van der Waals surface area contributed by atoms with Crippen molar-refractivity contribution in [1.82, 2.24) is 0 Å². The molecule has 0 spiro atoms. The predicted molar refractivity (Wildman–Crippen MR) is 294 cm³/mol. The average Bonchev–Trinajstić information content (AvgIpc) is 3.39. The van der Waals surface area contributed by atoms with E-state index in [2.05, 4.69) is 31.1 Å². The number of ether oxygens (including phenoxy) is 2. The second-order valence-electron chi connectivity index (χ2n) is 16.3. The Kier molecular flexibility index (Phi) is 20.4. The molecule has 0 aliphatic rings. The number of aromatic hydroxyl groups is 1. The van der Waals surface area contributed by atoms with Gasteiger partial charge in [-0.25, -0.2) is 8.42 Å². The molecule has 8 aromatic rings. The summed E-state index contributed by atoms with van der Waals surface area (Å²) < 4.78 is 80.2. The minimum Gasteiger partial charge on any atom is -0.870 e. The third-order valence-electron chi connectivity index (χ3n) is 11.4. The number of carbonyl (C=O) groups is 2. The second kappa shape index (κ2) is 26.3. The van der Waals surface area contributed by atoms with Gasteiger partial charge in [-0.2, -0.15) is 13.5 Å². The van der Waals surface area contributed by atoms with Gasteiger partial charge in [0.1, 0.15) is 43.6 Å². The minimum atomic E-state index is -4.92. The monoisotopic (exact) mass is 1240 g/mol. The molecule has 0 atom stereocenters. The number of nitrogens with zero attached hydrogens (tertiary/aromatic N) is 4. The van der Waals surface area contributed by atoms with Gasteiger partial charge < -0.3 is 34.9 Å². The Morgan fingerprint density at radius 1 is 0.571 bits per heavy atom. The number of fused-ring (bicyclic) bond motifs is 2. The summed E-state index contributed by atoms with van der Waals surface area (Å²) in [5.41, 5.74) is 0.669. The summed E-state index contributed by atoms with van der Waals surface area (Å²) in [5.74, 6) is -1.15. The van der Waals surface area contributed by atoms with E-state index in [1.807, 2.05) is 13.8 Å². The molecule has 0 saturated heterocycles. The van der Waals surface area contributed by atoms with E-state index in [1.165, 1.54) is 24.3 Å². The maximum Gasteiger partial charge on any atom is 2.00 e. The summed E-state index contributed by atoms with van der Waals surface area (Å²) in [7, 11) is -9.57. The van der Waals surface area contributed by atoms with E-state index in [0.717, 1.165) is 12.1 Å². The Bertz CT molecular complexity index is 3560. The van der Waals surface area contributed by atoms with Crippen LogP contribution in [0.15, 0.2) is 164 Å². The number of amides is 2. The largest absolute Gasteiger partial charge is 2.00 e. The molecule has 0 fully saturated rings. The number of benzene rings is 8. The Labute approximate surface area is 493 Å². The molecule has 0 heterocycles. The number of phenolic OH excluding ortho intramolecular Hbond substituents is 1. The van der Waals surface area contributed by atoms with Crippen molar-refractivity contribution in [3.05, 3.63) is 166 Å². The molecule has 23 heteroatoms. The fourth-order valence-corrected chi connectivity index (χ4v) is 9.71. The van der Waals surface area contributed by atoms with Crippen LogP contribution in [0.2, 0.25) is 10.0 Å². The molecule has 0 aromatic heterocycles. The van der Waals surface area contributed by atoms with Gasteiger partial charge in [0.25, 0.3) is 21.9 Å². The average molecular weight is 1240 g/mol. The van der Waals surface area contributed by atoms with E-state index in [9.17, 15) is 45.7 Å². The molecule has 0 aliphatic carbocycles. The number of anilines is 2. The minimum absolute atomic E-state index is 0. The number of rotatable bonds is 16. The molecule has 392 valence electrons. The number of hydrogen-bond acceptors (Lipinski definition) is 15.